The van der Waals surface area contributed by atoms with Gasteiger partial charge in [0, 0.05) is 5.92 Å². The highest BCUT2D eigenvalue weighted by molar-refractivity contribution is 5.83. The van der Waals surface area contributed by atoms with E-state index in [9.17, 15) is 4.79 Å². The molecule has 94 valence electrons. The minimum absolute atomic E-state index is 0.0452. The van der Waals surface area contributed by atoms with E-state index in [2.05, 4.69) is 37.3 Å². The van der Waals surface area contributed by atoms with Gasteiger partial charge in [0.2, 0.25) is 5.91 Å². The highest BCUT2D eigenvalue weighted by atomic mass is 16.1. The molecule has 2 nitrogen and oxygen atoms in total. The normalized spacial score (nSPS) is 12.5. The number of carbonyl (C=O) groups is 1. The third-order valence-electron chi connectivity index (χ3n) is 3.34. The summed E-state index contributed by atoms with van der Waals surface area (Å²) in [4.78, 5) is 11.4. The molecule has 0 aliphatic rings. The minimum Gasteiger partial charge on any atom is -0.369 e. The molecule has 0 aliphatic carbocycles. The SMILES string of the molecule is CCCC(Cc1ccc2ccccc2c1)C(N)=O. The monoisotopic (exact) mass is 241 g/mol. The van der Waals surface area contributed by atoms with Gasteiger partial charge in [0.15, 0.2) is 0 Å². The summed E-state index contributed by atoms with van der Waals surface area (Å²) in [5.74, 6) is -0.235. The molecule has 0 aromatic heterocycles. The van der Waals surface area contributed by atoms with Gasteiger partial charge in [-0.15, -0.1) is 0 Å². The van der Waals surface area contributed by atoms with Crippen LogP contribution in [0.2, 0.25) is 0 Å². The van der Waals surface area contributed by atoms with Crippen LogP contribution in [0.4, 0.5) is 0 Å². The van der Waals surface area contributed by atoms with Crippen molar-refractivity contribution < 1.29 is 4.79 Å². The predicted octanol–water partition coefficient (Wildman–Crippen LogP) is 3.28. The second kappa shape index (κ2) is 5.67. The van der Waals surface area contributed by atoms with Crippen molar-refractivity contribution >= 4 is 16.7 Å². The van der Waals surface area contributed by atoms with Gasteiger partial charge in [-0.25, -0.2) is 0 Å². The van der Waals surface area contributed by atoms with E-state index in [1.165, 1.54) is 16.3 Å². The van der Waals surface area contributed by atoms with Crippen LogP contribution in [0.15, 0.2) is 42.5 Å². The second-order valence-electron chi connectivity index (χ2n) is 4.77. The number of benzene rings is 2. The summed E-state index contributed by atoms with van der Waals surface area (Å²) < 4.78 is 0. The number of hydrogen-bond acceptors (Lipinski definition) is 1. The van der Waals surface area contributed by atoms with Crippen LogP contribution < -0.4 is 5.73 Å². The first-order chi connectivity index (χ1) is 8.70. The van der Waals surface area contributed by atoms with E-state index in [0.29, 0.717) is 0 Å². The number of nitrogens with two attached hydrogens (primary N) is 1. The zero-order valence-electron chi connectivity index (χ0n) is 10.7. The average Bonchev–Trinajstić information content (AvgIpc) is 2.38. The van der Waals surface area contributed by atoms with E-state index in [1.54, 1.807) is 0 Å². The van der Waals surface area contributed by atoms with Gasteiger partial charge in [0.1, 0.15) is 0 Å². The molecule has 2 N–H and O–H groups in total. The summed E-state index contributed by atoms with van der Waals surface area (Å²) in [7, 11) is 0. The van der Waals surface area contributed by atoms with E-state index in [-0.39, 0.29) is 11.8 Å². The van der Waals surface area contributed by atoms with Crippen molar-refractivity contribution in [3.63, 3.8) is 0 Å². The molecule has 0 spiro atoms. The van der Waals surface area contributed by atoms with Crippen LogP contribution in [0.25, 0.3) is 10.8 Å². The van der Waals surface area contributed by atoms with Crippen LogP contribution in [0, 0.1) is 5.92 Å². The molecule has 2 aromatic carbocycles. The summed E-state index contributed by atoms with van der Waals surface area (Å²) in [5.41, 5.74) is 6.63. The average molecular weight is 241 g/mol. The second-order valence-corrected chi connectivity index (χ2v) is 4.77. The summed E-state index contributed by atoms with van der Waals surface area (Å²) in [6.07, 6.45) is 2.59. The maximum absolute atomic E-state index is 11.4. The number of carbonyl (C=O) groups excluding carboxylic acids is 1. The maximum Gasteiger partial charge on any atom is 0.220 e. The van der Waals surface area contributed by atoms with Gasteiger partial charge >= 0.3 is 0 Å². The lowest BCUT2D eigenvalue weighted by Crippen LogP contribution is -2.24. The van der Waals surface area contributed by atoms with Crippen LogP contribution in [-0.2, 0) is 11.2 Å². The fourth-order valence-electron chi connectivity index (χ4n) is 2.34. The molecule has 2 heteroatoms. The Morgan fingerprint density at radius 2 is 1.89 bits per heavy atom. The number of primary amides is 1. The van der Waals surface area contributed by atoms with Gasteiger partial charge in [-0.05, 0) is 29.2 Å². The molecule has 0 saturated carbocycles. The Kier molecular flexibility index (Phi) is 3.98. The molecule has 1 atom stereocenters. The number of hydrogen-bond donors (Lipinski definition) is 1. The fourth-order valence-corrected chi connectivity index (χ4v) is 2.34. The first-order valence-corrected chi connectivity index (χ1v) is 6.47. The number of fused-ring (bicyclic) bond motifs is 1. The Hall–Kier alpha value is -1.83. The molecule has 2 rings (SSSR count). The highest BCUT2D eigenvalue weighted by Crippen LogP contribution is 2.19. The molecule has 18 heavy (non-hydrogen) atoms. The van der Waals surface area contributed by atoms with Crippen molar-refractivity contribution in [3.8, 4) is 0 Å². The summed E-state index contributed by atoms with van der Waals surface area (Å²) >= 11 is 0. The highest BCUT2D eigenvalue weighted by Gasteiger charge is 2.14. The van der Waals surface area contributed by atoms with Crippen LogP contribution in [0.5, 0.6) is 0 Å². The van der Waals surface area contributed by atoms with Crippen LogP contribution in [0.1, 0.15) is 25.3 Å². The Labute approximate surface area is 108 Å². The molecule has 2 aromatic rings. The number of amides is 1. The molecule has 0 heterocycles. The molecular formula is C16H19NO. The first-order valence-electron chi connectivity index (χ1n) is 6.47. The van der Waals surface area contributed by atoms with E-state index < -0.39 is 0 Å². The molecule has 1 unspecified atom stereocenters. The van der Waals surface area contributed by atoms with E-state index in [0.717, 1.165) is 19.3 Å². The van der Waals surface area contributed by atoms with Gasteiger partial charge in [-0.2, -0.15) is 0 Å². The smallest absolute Gasteiger partial charge is 0.220 e. The fraction of sp³-hybridized carbons (Fsp3) is 0.312. The molecule has 0 fully saturated rings. The summed E-state index contributed by atoms with van der Waals surface area (Å²) in [6.45, 7) is 2.08. The minimum atomic E-state index is -0.190. The van der Waals surface area contributed by atoms with Crippen molar-refractivity contribution in [3.05, 3.63) is 48.0 Å². The van der Waals surface area contributed by atoms with Gasteiger partial charge in [0.05, 0.1) is 0 Å². The third-order valence-corrected chi connectivity index (χ3v) is 3.34. The zero-order chi connectivity index (χ0) is 13.0. The molecule has 1 amide bonds. The maximum atomic E-state index is 11.4. The van der Waals surface area contributed by atoms with E-state index >= 15 is 0 Å². The van der Waals surface area contributed by atoms with Crippen molar-refractivity contribution in [2.75, 3.05) is 0 Å². The standard InChI is InChI=1S/C16H19NO/c1-2-5-15(16(17)18)11-12-8-9-13-6-3-4-7-14(13)10-12/h3-4,6-10,15H,2,5,11H2,1H3,(H2,17,18). The topological polar surface area (TPSA) is 43.1 Å². The van der Waals surface area contributed by atoms with Gasteiger partial charge in [-0.3, -0.25) is 4.79 Å². The van der Waals surface area contributed by atoms with Crippen LogP contribution in [0.3, 0.4) is 0 Å². The molecule has 0 aliphatic heterocycles. The van der Waals surface area contributed by atoms with Crippen LogP contribution >= 0.6 is 0 Å². The van der Waals surface area contributed by atoms with Crippen molar-refractivity contribution in [1.82, 2.24) is 0 Å². The van der Waals surface area contributed by atoms with Gasteiger partial charge < -0.3 is 5.73 Å². The predicted molar refractivity (Wildman–Crippen MR) is 75.2 cm³/mol. The Balaban J connectivity index is 2.22. The van der Waals surface area contributed by atoms with Crippen LogP contribution in [-0.4, -0.2) is 5.91 Å². The first kappa shape index (κ1) is 12.6. The Bertz CT molecular complexity index is 548. The Morgan fingerprint density at radius 3 is 2.56 bits per heavy atom. The zero-order valence-corrected chi connectivity index (χ0v) is 10.7. The lowest BCUT2D eigenvalue weighted by Gasteiger charge is -2.12. The van der Waals surface area contributed by atoms with Crippen molar-refractivity contribution in [2.24, 2.45) is 11.7 Å². The molecular weight excluding hydrogens is 222 g/mol. The quantitative estimate of drug-likeness (QED) is 0.857. The van der Waals surface area contributed by atoms with Crippen molar-refractivity contribution in [2.45, 2.75) is 26.2 Å². The summed E-state index contributed by atoms with van der Waals surface area (Å²) in [5, 5.41) is 2.45. The Morgan fingerprint density at radius 1 is 1.17 bits per heavy atom. The lowest BCUT2D eigenvalue weighted by atomic mass is 9.93. The number of rotatable bonds is 5. The van der Waals surface area contributed by atoms with Gasteiger partial charge in [0.25, 0.3) is 0 Å². The molecule has 0 radical (unpaired) electrons. The lowest BCUT2D eigenvalue weighted by molar-refractivity contribution is -0.122. The largest absolute Gasteiger partial charge is 0.369 e. The summed E-state index contributed by atoms with van der Waals surface area (Å²) in [6, 6.07) is 14.6. The molecule has 0 saturated heterocycles. The van der Waals surface area contributed by atoms with Crippen molar-refractivity contribution in [1.29, 1.82) is 0 Å². The van der Waals surface area contributed by atoms with E-state index in [4.69, 9.17) is 5.73 Å². The third kappa shape index (κ3) is 2.89. The van der Waals surface area contributed by atoms with Gasteiger partial charge in [-0.1, -0.05) is 55.8 Å². The molecule has 0 bridgehead atoms. The van der Waals surface area contributed by atoms with E-state index in [1.807, 2.05) is 12.1 Å².